The second-order valence-electron chi connectivity index (χ2n) is 12.2. The molecule has 0 N–H and O–H groups in total. The van der Waals surface area contributed by atoms with Gasteiger partial charge in [-0.1, -0.05) is 48.5 Å². The Hall–Kier alpha value is -7.32. The molecular formula is C44H28N8. The Kier molecular flexibility index (Phi) is 7.99. The molecule has 0 unspecified atom stereocenters. The predicted molar refractivity (Wildman–Crippen MR) is 205 cm³/mol. The lowest BCUT2D eigenvalue weighted by molar-refractivity contribution is 1.22. The summed E-state index contributed by atoms with van der Waals surface area (Å²) >= 11 is 0. The van der Waals surface area contributed by atoms with Gasteiger partial charge in [-0.05, 0) is 82.9 Å². The highest BCUT2D eigenvalue weighted by Gasteiger charge is 2.22. The monoisotopic (exact) mass is 668 g/mol. The third-order valence-corrected chi connectivity index (χ3v) is 8.97. The van der Waals surface area contributed by atoms with Crippen LogP contribution in [0.1, 0.15) is 22.5 Å². The number of nitrogens with zero attached hydrogens (tertiary/aromatic N) is 8. The maximum atomic E-state index is 5.23. The minimum Gasteiger partial charge on any atom is -0.265 e. The van der Waals surface area contributed by atoms with E-state index in [0.717, 1.165) is 67.1 Å². The van der Waals surface area contributed by atoms with Crippen LogP contribution in [0.4, 0.5) is 11.4 Å². The molecule has 2 aromatic carbocycles. The average molecular weight is 669 g/mol. The van der Waals surface area contributed by atoms with Crippen molar-refractivity contribution in [3.63, 3.8) is 0 Å². The van der Waals surface area contributed by atoms with Gasteiger partial charge in [0, 0.05) is 95.3 Å². The molecule has 9 rings (SSSR count). The van der Waals surface area contributed by atoms with Crippen LogP contribution in [0.15, 0.2) is 181 Å². The van der Waals surface area contributed by atoms with Gasteiger partial charge in [-0.25, -0.2) is 9.98 Å². The number of pyridine rings is 6. The van der Waals surface area contributed by atoms with Crippen LogP contribution < -0.4 is 0 Å². The van der Waals surface area contributed by atoms with E-state index in [0.29, 0.717) is 22.8 Å². The Bertz CT molecular complexity index is 2420. The van der Waals surface area contributed by atoms with E-state index in [4.69, 9.17) is 20.0 Å². The summed E-state index contributed by atoms with van der Waals surface area (Å²) in [7, 11) is 0. The summed E-state index contributed by atoms with van der Waals surface area (Å²) in [5, 5.41) is 0. The zero-order valence-electron chi connectivity index (χ0n) is 27.7. The maximum Gasteiger partial charge on any atom is 0.115 e. The van der Waals surface area contributed by atoms with Crippen molar-refractivity contribution in [1.82, 2.24) is 29.9 Å². The molecule has 0 radical (unpaired) electrons. The van der Waals surface area contributed by atoms with Crippen LogP contribution in [-0.4, -0.2) is 41.3 Å². The largest absolute Gasteiger partial charge is 0.265 e. The third-order valence-electron chi connectivity index (χ3n) is 8.97. The van der Waals surface area contributed by atoms with Crippen molar-refractivity contribution in [3.8, 4) is 44.5 Å². The van der Waals surface area contributed by atoms with Crippen molar-refractivity contribution >= 4 is 22.8 Å². The fraction of sp³-hybridized carbons (Fsp3) is 0. The van der Waals surface area contributed by atoms with Crippen molar-refractivity contribution in [2.24, 2.45) is 9.98 Å². The molecule has 0 fully saturated rings. The number of aliphatic imine (C=N–C) groups is 2. The fourth-order valence-electron chi connectivity index (χ4n) is 6.33. The lowest BCUT2D eigenvalue weighted by atomic mass is 9.97. The summed E-state index contributed by atoms with van der Waals surface area (Å²) in [5.41, 5.74) is 14.4. The highest BCUT2D eigenvalue weighted by Crippen LogP contribution is 2.33. The van der Waals surface area contributed by atoms with Crippen molar-refractivity contribution < 1.29 is 0 Å². The molecule has 244 valence electrons. The smallest absolute Gasteiger partial charge is 0.115 e. The van der Waals surface area contributed by atoms with Gasteiger partial charge in [-0.3, -0.25) is 29.9 Å². The van der Waals surface area contributed by atoms with Gasteiger partial charge in [0.05, 0.1) is 22.8 Å². The summed E-state index contributed by atoms with van der Waals surface area (Å²) in [6.07, 6.45) is 18.2. The normalized spacial score (nSPS) is 14.1. The van der Waals surface area contributed by atoms with Gasteiger partial charge in [0.15, 0.2) is 0 Å². The van der Waals surface area contributed by atoms with Gasteiger partial charge < -0.3 is 0 Å². The van der Waals surface area contributed by atoms with Crippen LogP contribution in [0.25, 0.3) is 44.5 Å². The Morgan fingerprint density at radius 3 is 1.02 bits per heavy atom. The first-order valence-corrected chi connectivity index (χ1v) is 16.8. The Balaban J connectivity index is 1.07. The predicted octanol–water partition coefficient (Wildman–Crippen LogP) is 9.38. The second-order valence-corrected chi connectivity index (χ2v) is 12.2. The molecule has 0 spiro atoms. The standard InChI is InChI=1S/C44H28N8/c1-3-39-43(49-17-1)41(33-9-5-29(6-10-33)35-23-37(27-47-25-35)31-13-19-45-20-14-31)52-40-4-2-18-50-44(40)42(51-39)34-11-7-30(8-12-34)36-24-38(28-48-26-36)32-15-21-46-22-16-32/h1-28H/b43-41?,44-42?,51-39?,51-42-,52-40?,52-41-. The minimum atomic E-state index is 0.694. The first-order valence-electron chi connectivity index (χ1n) is 16.8. The fourth-order valence-corrected chi connectivity index (χ4v) is 6.33. The summed E-state index contributed by atoms with van der Waals surface area (Å²) in [4.78, 5) is 37.4. The second kappa shape index (κ2) is 13.5. The van der Waals surface area contributed by atoms with Crippen LogP contribution in [0, 0.1) is 0 Å². The Morgan fingerprint density at radius 2 is 0.635 bits per heavy atom. The molecule has 7 heterocycles. The first-order chi connectivity index (χ1) is 25.8. The molecule has 0 saturated heterocycles. The first kappa shape index (κ1) is 30.7. The van der Waals surface area contributed by atoms with Crippen molar-refractivity contribution in [3.05, 3.63) is 194 Å². The summed E-state index contributed by atoms with van der Waals surface area (Å²) in [6, 6.07) is 36.6. The van der Waals surface area contributed by atoms with E-state index in [1.165, 1.54) is 0 Å². The van der Waals surface area contributed by atoms with Crippen LogP contribution in [0.3, 0.4) is 0 Å². The summed E-state index contributed by atoms with van der Waals surface area (Å²) in [5.74, 6) is 0. The molecule has 8 nitrogen and oxygen atoms in total. The molecular weight excluding hydrogens is 641 g/mol. The van der Waals surface area contributed by atoms with Crippen molar-refractivity contribution in [2.45, 2.75) is 0 Å². The topological polar surface area (TPSA) is 102 Å². The number of aromatic nitrogens is 6. The van der Waals surface area contributed by atoms with E-state index in [1.807, 2.05) is 73.3 Å². The van der Waals surface area contributed by atoms with Gasteiger partial charge >= 0.3 is 0 Å². The van der Waals surface area contributed by atoms with Crippen LogP contribution in [-0.2, 0) is 0 Å². The summed E-state index contributed by atoms with van der Waals surface area (Å²) < 4.78 is 0. The molecule has 8 aromatic rings. The van der Waals surface area contributed by atoms with E-state index in [2.05, 4.69) is 80.6 Å². The molecule has 0 amide bonds. The number of fused-ring (bicyclic) bond motifs is 2. The molecule has 52 heavy (non-hydrogen) atoms. The lowest BCUT2D eigenvalue weighted by Gasteiger charge is -2.17. The number of hydrogen-bond donors (Lipinski definition) is 0. The molecule has 0 aliphatic carbocycles. The molecule has 6 aromatic heterocycles. The number of benzene rings is 2. The maximum absolute atomic E-state index is 5.23. The van der Waals surface area contributed by atoms with Gasteiger partial charge in [0.1, 0.15) is 11.4 Å². The number of hydrogen-bond acceptors (Lipinski definition) is 8. The zero-order valence-corrected chi connectivity index (χ0v) is 27.7. The van der Waals surface area contributed by atoms with E-state index in [1.54, 1.807) is 37.2 Å². The molecule has 1 aliphatic heterocycles. The van der Waals surface area contributed by atoms with Gasteiger partial charge in [-0.15, -0.1) is 0 Å². The molecule has 8 heteroatoms. The van der Waals surface area contributed by atoms with E-state index < -0.39 is 0 Å². The Labute approximate surface area is 300 Å². The highest BCUT2D eigenvalue weighted by molar-refractivity contribution is 6.21. The highest BCUT2D eigenvalue weighted by atomic mass is 14.9. The van der Waals surface area contributed by atoms with Gasteiger partial charge in [0.2, 0.25) is 0 Å². The van der Waals surface area contributed by atoms with Crippen LogP contribution in [0.2, 0.25) is 0 Å². The Morgan fingerprint density at radius 1 is 0.288 bits per heavy atom. The molecule has 1 aliphatic rings. The quantitative estimate of drug-likeness (QED) is 0.175. The van der Waals surface area contributed by atoms with Crippen molar-refractivity contribution in [2.75, 3.05) is 0 Å². The number of rotatable bonds is 6. The van der Waals surface area contributed by atoms with Crippen molar-refractivity contribution in [1.29, 1.82) is 0 Å². The van der Waals surface area contributed by atoms with E-state index >= 15 is 0 Å². The molecule has 0 bridgehead atoms. The minimum absolute atomic E-state index is 0.694. The molecule has 0 atom stereocenters. The van der Waals surface area contributed by atoms with Crippen LogP contribution >= 0.6 is 0 Å². The summed E-state index contributed by atoms with van der Waals surface area (Å²) in [6.45, 7) is 0. The SMILES string of the molecule is c1cnc2c(c1)/N=C(/c1ccc(-c3cncc(-c4ccncc4)c3)cc1)c1ncccc1/N=C\2c1ccc(-c2cncc(-c3ccncc3)c2)cc1. The van der Waals surface area contributed by atoms with Crippen LogP contribution in [0.5, 0.6) is 0 Å². The van der Waals surface area contributed by atoms with E-state index in [9.17, 15) is 0 Å². The lowest BCUT2D eigenvalue weighted by Crippen LogP contribution is -2.12. The zero-order chi connectivity index (χ0) is 34.7. The van der Waals surface area contributed by atoms with E-state index in [-0.39, 0.29) is 0 Å². The average Bonchev–Trinajstić information content (AvgIpc) is 3.22. The molecule has 0 saturated carbocycles. The van der Waals surface area contributed by atoms with Gasteiger partial charge in [-0.2, -0.15) is 0 Å². The third kappa shape index (κ3) is 6.05. The van der Waals surface area contributed by atoms with Gasteiger partial charge in [0.25, 0.3) is 0 Å².